The monoisotopic (exact) mass is 328 g/mol. The predicted octanol–water partition coefficient (Wildman–Crippen LogP) is 3.13. The number of nitrogens with zero attached hydrogens (tertiary/aromatic N) is 2. The van der Waals surface area contributed by atoms with Crippen molar-refractivity contribution in [3.8, 4) is 17.6 Å². The summed E-state index contributed by atoms with van der Waals surface area (Å²) in [6, 6.07) is 7.44. The Balaban J connectivity index is 1.64. The molecule has 3 rings (SSSR count). The largest absolute Gasteiger partial charge is 0.493 e. The molecule has 1 saturated carbocycles. The molecule has 5 nitrogen and oxygen atoms in total. The van der Waals surface area contributed by atoms with Gasteiger partial charge in [-0.15, -0.1) is 0 Å². The number of methoxy groups -OCH3 is 1. The molecule has 0 unspecified atom stereocenters. The summed E-state index contributed by atoms with van der Waals surface area (Å²) < 4.78 is 10.9. The lowest BCUT2D eigenvalue weighted by Crippen LogP contribution is -2.51. The third-order valence-electron chi connectivity index (χ3n) is 5.21. The van der Waals surface area contributed by atoms with Gasteiger partial charge in [0.1, 0.15) is 0 Å². The summed E-state index contributed by atoms with van der Waals surface area (Å²) in [7, 11) is 1.53. The van der Waals surface area contributed by atoms with Crippen LogP contribution in [0, 0.1) is 17.2 Å². The molecule has 0 radical (unpaired) electrons. The summed E-state index contributed by atoms with van der Waals surface area (Å²) in [5, 5.41) is 8.94. The molecule has 1 amide bonds. The number of carbonyl (C=O) groups is 1. The zero-order valence-corrected chi connectivity index (χ0v) is 14.2. The number of rotatable bonds is 4. The quantitative estimate of drug-likeness (QED) is 0.852. The Morgan fingerprint density at radius 2 is 2.04 bits per heavy atom. The number of likely N-dealkylation sites (tertiary alicyclic amines) is 1. The van der Waals surface area contributed by atoms with Crippen molar-refractivity contribution in [1.29, 1.82) is 5.26 Å². The van der Waals surface area contributed by atoms with E-state index >= 15 is 0 Å². The number of amides is 1. The van der Waals surface area contributed by atoms with Crippen LogP contribution in [0.15, 0.2) is 18.2 Å². The smallest absolute Gasteiger partial charge is 0.260 e. The van der Waals surface area contributed by atoms with Gasteiger partial charge in [0.2, 0.25) is 0 Å². The molecule has 1 saturated heterocycles. The Kier molecular flexibility index (Phi) is 5.24. The highest BCUT2D eigenvalue weighted by molar-refractivity contribution is 5.78. The molecule has 24 heavy (non-hydrogen) atoms. The fraction of sp³-hybridized carbons (Fsp3) is 0.579. The van der Waals surface area contributed by atoms with Gasteiger partial charge in [-0.2, -0.15) is 5.26 Å². The summed E-state index contributed by atoms with van der Waals surface area (Å²) in [6.07, 6.45) is 7.22. The van der Waals surface area contributed by atoms with Gasteiger partial charge in [-0.25, -0.2) is 0 Å². The van der Waals surface area contributed by atoms with Crippen molar-refractivity contribution in [2.45, 2.75) is 44.6 Å². The van der Waals surface area contributed by atoms with E-state index in [2.05, 4.69) is 6.07 Å². The number of fused-ring (bicyclic) bond motifs is 1. The van der Waals surface area contributed by atoms with Gasteiger partial charge < -0.3 is 14.4 Å². The lowest BCUT2D eigenvalue weighted by molar-refractivity contribution is -0.139. The van der Waals surface area contributed by atoms with Gasteiger partial charge in [-0.3, -0.25) is 4.79 Å². The molecular weight excluding hydrogens is 304 g/mol. The Bertz CT molecular complexity index is 636. The van der Waals surface area contributed by atoms with E-state index in [1.54, 1.807) is 18.2 Å². The molecule has 1 heterocycles. The van der Waals surface area contributed by atoms with Gasteiger partial charge in [0.25, 0.3) is 5.91 Å². The number of nitriles is 1. The van der Waals surface area contributed by atoms with Crippen molar-refractivity contribution in [1.82, 2.24) is 4.90 Å². The molecule has 1 aliphatic carbocycles. The number of piperidine rings is 1. The molecule has 2 aliphatic rings. The molecule has 0 spiro atoms. The molecule has 1 aromatic rings. The van der Waals surface area contributed by atoms with Gasteiger partial charge >= 0.3 is 0 Å². The highest BCUT2D eigenvalue weighted by Crippen LogP contribution is 2.35. The summed E-state index contributed by atoms with van der Waals surface area (Å²) in [4.78, 5) is 14.7. The minimum Gasteiger partial charge on any atom is -0.493 e. The average Bonchev–Trinajstić information content (AvgIpc) is 2.65. The maximum Gasteiger partial charge on any atom is 0.260 e. The predicted molar refractivity (Wildman–Crippen MR) is 89.9 cm³/mol. The molecule has 1 aliphatic heterocycles. The van der Waals surface area contributed by atoms with E-state index in [0.717, 1.165) is 19.4 Å². The van der Waals surface area contributed by atoms with Gasteiger partial charge in [0.05, 0.1) is 18.7 Å². The third-order valence-corrected chi connectivity index (χ3v) is 5.21. The van der Waals surface area contributed by atoms with Crippen LogP contribution in [0.1, 0.15) is 44.1 Å². The number of hydrogen-bond donors (Lipinski definition) is 0. The van der Waals surface area contributed by atoms with Crippen molar-refractivity contribution in [2.24, 2.45) is 5.92 Å². The first-order valence-corrected chi connectivity index (χ1v) is 8.73. The topological polar surface area (TPSA) is 62.6 Å². The zero-order valence-electron chi connectivity index (χ0n) is 14.2. The van der Waals surface area contributed by atoms with Crippen molar-refractivity contribution in [3.05, 3.63) is 23.8 Å². The fourth-order valence-corrected chi connectivity index (χ4v) is 4.01. The standard InChI is InChI=1S/C19H24N2O3/c1-23-18-11-14(12-20)8-9-17(18)24-13-19(22)21-10-4-6-15-5-2-3-7-16(15)21/h8-9,11,15-16H,2-7,10,13H2,1H3/t15-,16-/m0/s1. The first-order chi connectivity index (χ1) is 11.7. The molecule has 1 aromatic carbocycles. The maximum absolute atomic E-state index is 12.7. The van der Waals surface area contributed by atoms with E-state index in [4.69, 9.17) is 14.7 Å². The molecule has 2 fully saturated rings. The van der Waals surface area contributed by atoms with Gasteiger partial charge in [0.15, 0.2) is 18.1 Å². The van der Waals surface area contributed by atoms with E-state index in [1.165, 1.54) is 32.8 Å². The highest BCUT2D eigenvalue weighted by Gasteiger charge is 2.35. The Hall–Kier alpha value is -2.22. The number of carbonyl (C=O) groups excluding carboxylic acids is 1. The van der Waals surface area contributed by atoms with Gasteiger partial charge in [-0.1, -0.05) is 12.8 Å². The van der Waals surface area contributed by atoms with Crippen LogP contribution in [-0.2, 0) is 4.79 Å². The Morgan fingerprint density at radius 3 is 2.83 bits per heavy atom. The number of ether oxygens (including phenoxy) is 2. The van der Waals surface area contributed by atoms with Crippen LogP contribution in [0.5, 0.6) is 11.5 Å². The Morgan fingerprint density at radius 1 is 1.25 bits per heavy atom. The SMILES string of the molecule is COc1cc(C#N)ccc1OCC(=O)N1CCC[C@@H]2CCCC[C@@H]21. The Labute approximate surface area is 143 Å². The van der Waals surface area contributed by atoms with Gasteiger partial charge in [-0.05, 0) is 43.7 Å². The van der Waals surface area contributed by atoms with Crippen molar-refractivity contribution in [2.75, 3.05) is 20.3 Å². The van der Waals surface area contributed by atoms with E-state index in [-0.39, 0.29) is 12.5 Å². The lowest BCUT2D eigenvalue weighted by atomic mass is 9.78. The molecular formula is C19H24N2O3. The van der Waals surface area contributed by atoms with Crippen LogP contribution < -0.4 is 9.47 Å². The number of hydrogen-bond acceptors (Lipinski definition) is 4. The fourth-order valence-electron chi connectivity index (χ4n) is 4.01. The van der Waals surface area contributed by atoms with Crippen LogP contribution in [-0.4, -0.2) is 37.1 Å². The first-order valence-electron chi connectivity index (χ1n) is 8.73. The molecule has 5 heteroatoms. The second kappa shape index (κ2) is 7.57. The molecule has 0 N–H and O–H groups in total. The van der Waals surface area contributed by atoms with Crippen molar-refractivity contribution in [3.63, 3.8) is 0 Å². The first kappa shape index (κ1) is 16.6. The van der Waals surface area contributed by atoms with Crippen molar-refractivity contribution >= 4 is 5.91 Å². The number of benzene rings is 1. The third kappa shape index (κ3) is 3.48. The van der Waals surface area contributed by atoms with E-state index in [1.807, 2.05) is 4.90 Å². The molecule has 0 bridgehead atoms. The van der Waals surface area contributed by atoms with E-state index in [9.17, 15) is 4.79 Å². The maximum atomic E-state index is 12.7. The molecule has 128 valence electrons. The minimum atomic E-state index is 0.0193. The zero-order chi connectivity index (χ0) is 16.9. The minimum absolute atomic E-state index is 0.0193. The molecule has 0 aromatic heterocycles. The summed E-state index contributed by atoms with van der Waals surface area (Å²) >= 11 is 0. The van der Waals surface area contributed by atoms with Crippen LogP contribution >= 0.6 is 0 Å². The lowest BCUT2D eigenvalue weighted by Gasteiger charge is -2.44. The van der Waals surface area contributed by atoms with Crippen molar-refractivity contribution < 1.29 is 14.3 Å². The van der Waals surface area contributed by atoms with E-state index in [0.29, 0.717) is 29.0 Å². The van der Waals surface area contributed by atoms with Gasteiger partial charge in [0, 0.05) is 18.7 Å². The second-order valence-electron chi connectivity index (χ2n) is 6.61. The van der Waals surface area contributed by atoms with Crippen LogP contribution in [0.2, 0.25) is 0 Å². The summed E-state index contributed by atoms with van der Waals surface area (Å²) in [6.45, 7) is 0.860. The molecule has 2 atom stereocenters. The summed E-state index contributed by atoms with van der Waals surface area (Å²) in [5.74, 6) is 1.71. The second-order valence-corrected chi connectivity index (χ2v) is 6.61. The summed E-state index contributed by atoms with van der Waals surface area (Å²) in [5.41, 5.74) is 0.506. The average molecular weight is 328 g/mol. The highest BCUT2D eigenvalue weighted by atomic mass is 16.5. The normalized spacial score (nSPS) is 23.1. The van der Waals surface area contributed by atoms with Crippen LogP contribution in [0.25, 0.3) is 0 Å². The van der Waals surface area contributed by atoms with Crippen LogP contribution in [0.4, 0.5) is 0 Å². The van der Waals surface area contributed by atoms with Crippen LogP contribution in [0.3, 0.4) is 0 Å². The van der Waals surface area contributed by atoms with E-state index < -0.39 is 0 Å².